The lowest BCUT2D eigenvalue weighted by molar-refractivity contribution is 0.0962. The van der Waals surface area contributed by atoms with Crippen molar-refractivity contribution in [2.45, 2.75) is 31.7 Å². The number of hydrogen-bond acceptors (Lipinski definition) is 5. The summed E-state index contributed by atoms with van der Waals surface area (Å²) in [5.41, 5.74) is 0.816. The Bertz CT molecular complexity index is 604. The highest BCUT2D eigenvalue weighted by molar-refractivity contribution is 5.94. The van der Waals surface area contributed by atoms with E-state index in [0.717, 1.165) is 12.8 Å². The smallest absolute Gasteiger partial charge is 0.274 e. The summed E-state index contributed by atoms with van der Waals surface area (Å²) in [5, 5.41) is 14.9. The SMILES string of the molecule is C=C/C=C(\C=C/CO)NC(=O)c1cc(NC2CCCC2)ncn1. The molecule has 1 saturated carbocycles. The molecule has 0 aromatic carbocycles. The highest BCUT2D eigenvalue weighted by atomic mass is 16.2. The molecule has 0 radical (unpaired) electrons. The quantitative estimate of drug-likeness (QED) is 0.672. The van der Waals surface area contributed by atoms with E-state index >= 15 is 0 Å². The highest BCUT2D eigenvalue weighted by Gasteiger charge is 2.16. The van der Waals surface area contributed by atoms with E-state index in [0.29, 0.717) is 17.6 Å². The number of aliphatic hydroxyl groups excluding tert-OH is 1. The van der Waals surface area contributed by atoms with Crippen LogP contribution >= 0.6 is 0 Å². The highest BCUT2D eigenvalue weighted by Crippen LogP contribution is 2.21. The van der Waals surface area contributed by atoms with Gasteiger partial charge < -0.3 is 15.7 Å². The van der Waals surface area contributed by atoms with Gasteiger partial charge in [-0.25, -0.2) is 9.97 Å². The third-order valence-corrected chi connectivity index (χ3v) is 3.56. The molecule has 1 amide bonds. The van der Waals surface area contributed by atoms with E-state index in [1.807, 2.05) is 0 Å². The number of allylic oxidation sites excluding steroid dienone is 3. The summed E-state index contributed by atoms with van der Waals surface area (Å²) in [7, 11) is 0. The maximum atomic E-state index is 12.3. The van der Waals surface area contributed by atoms with Crippen molar-refractivity contribution in [2.24, 2.45) is 0 Å². The summed E-state index contributed by atoms with van der Waals surface area (Å²) in [6, 6.07) is 2.07. The van der Waals surface area contributed by atoms with Gasteiger partial charge in [0.1, 0.15) is 17.8 Å². The van der Waals surface area contributed by atoms with Crippen molar-refractivity contribution in [3.05, 3.63) is 54.7 Å². The molecule has 1 fully saturated rings. The maximum Gasteiger partial charge on any atom is 0.274 e. The van der Waals surface area contributed by atoms with Crippen molar-refractivity contribution in [1.29, 1.82) is 0 Å². The Morgan fingerprint density at radius 1 is 1.39 bits per heavy atom. The van der Waals surface area contributed by atoms with Crippen LogP contribution in [0.15, 0.2) is 49.0 Å². The van der Waals surface area contributed by atoms with Crippen molar-refractivity contribution in [2.75, 3.05) is 11.9 Å². The topological polar surface area (TPSA) is 87.1 Å². The van der Waals surface area contributed by atoms with Gasteiger partial charge in [-0.05, 0) is 25.0 Å². The fraction of sp³-hybridized carbons (Fsp3) is 0.353. The first-order valence-electron chi connectivity index (χ1n) is 7.73. The van der Waals surface area contributed by atoms with E-state index < -0.39 is 0 Å². The molecule has 23 heavy (non-hydrogen) atoms. The van der Waals surface area contributed by atoms with E-state index in [1.165, 1.54) is 25.2 Å². The van der Waals surface area contributed by atoms with Crippen LogP contribution in [0.1, 0.15) is 36.2 Å². The number of nitrogens with one attached hydrogen (secondary N) is 2. The summed E-state index contributed by atoms with van der Waals surface area (Å²) in [5.74, 6) is 0.328. The van der Waals surface area contributed by atoms with Crippen molar-refractivity contribution < 1.29 is 9.90 Å². The Kier molecular flexibility index (Phi) is 6.50. The molecule has 1 aromatic rings. The molecule has 6 heteroatoms. The maximum absolute atomic E-state index is 12.3. The fourth-order valence-corrected chi connectivity index (χ4v) is 2.48. The number of anilines is 1. The van der Waals surface area contributed by atoms with E-state index in [2.05, 4.69) is 27.2 Å². The van der Waals surface area contributed by atoms with Gasteiger partial charge in [0.15, 0.2) is 0 Å². The molecule has 0 saturated heterocycles. The standard InChI is InChI=1S/C17H22N4O2/c1-2-6-13(9-5-10-22)21-17(23)15-11-16(19-12-18-15)20-14-7-3-4-8-14/h2,5-6,9,11-12,14,22H,1,3-4,7-8,10H2,(H,21,23)(H,18,19,20)/b9-5-,13-6+. The van der Waals surface area contributed by atoms with Crippen molar-refractivity contribution in [1.82, 2.24) is 15.3 Å². The zero-order valence-electron chi connectivity index (χ0n) is 13.0. The number of carbonyl (C=O) groups is 1. The van der Waals surface area contributed by atoms with Crippen molar-refractivity contribution in [3.8, 4) is 0 Å². The molecule has 1 aromatic heterocycles. The van der Waals surface area contributed by atoms with Crippen LogP contribution in [0.25, 0.3) is 0 Å². The fourth-order valence-electron chi connectivity index (χ4n) is 2.48. The van der Waals surface area contributed by atoms with Crippen molar-refractivity contribution in [3.63, 3.8) is 0 Å². The molecule has 122 valence electrons. The van der Waals surface area contributed by atoms with Crippen LogP contribution in [-0.4, -0.2) is 33.6 Å². The second kappa shape index (κ2) is 8.85. The Balaban J connectivity index is 2.04. The number of hydrogen-bond donors (Lipinski definition) is 3. The number of aromatic nitrogens is 2. The van der Waals surface area contributed by atoms with Gasteiger partial charge in [0, 0.05) is 17.8 Å². The number of amides is 1. The molecule has 2 rings (SSSR count). The molecule has 0 spiro atoms. The second-order valence-corrected chi connectivity index (χ2v) is 5.31. The number of nitrogens with zero attached hydrogens (tertiary/aromatic N) is 2. The lowest BCUT2D eigenvalue weighted by Gasteiger charge is -2.13. The monoisotopic (exact) mass is 314 g/mol. The minimum Gasteiger partial charge on any atom is -0.392 e. The molecular formula is C17H22N4O2. The Morgan fingerprint density at radius 3 is 2.87 bits per heavy atom. The van der Waals surface area contributed by atoms with E-state index in [4.69, 9.17) is 5.11 Å². The predicted molar refractivity (Wildman–Crippen MR) is 89.9 cm³/mol. The van der Waals surface area contributed by atoms with Gasteiger partial charge in [0.25, 0.3) is 5.91 Å². The molecule has 0 atom stereocenters. The molecule has 6 nitrogen and oxygen atoms in total. The number of aliphatic hydroxyl groups is 1. The van der Waals surface area contributed by atoms with Crippen LogP contribution in [0.3, 0.4) is 0 Å². The van der Waals surface area contributed by atoms with Gasteiger partial charge in [0.2, 0.25) is 0 Å². The summed E-state index contributed by atoms with van der Waals surface area (Å²) < 4.78 is 0. The van der Waals surface area contributed by atoms with Crippen LogP contribution in [0.5, 0.6) is 0 Å². The molecule has 1 heterocycles. The molecular weight excluding hydrogens is 292 g/mol. The summed E-state index contributed by atoms with van der Waals surface area (Å²) in [4.78, 5) is 20.5. The normalized spacial score (nSPS) is 15.8. The van der Waals surface area contributed by atoms with Gasteiger partial charge in [-0.3, -0.25) is 4.79 Å². The summed E-state index contributed by atoms with van der Waals surface area (Å²) in [6.07, 6.45) is 12.4. The lowest BCUT2D eigenvalue weighted by Crippen LogP contribution is -2.24. The Morgan fingerprint density at radius 2 is 2.17 bits per heavy atom. The zero-order valence-corrected chi connectivity index (χ0v) is 13.0. The molecule has 3 N–H and O–H groups in total. The first-order chi connectivity index (χ1) is 11.2. The minimum absolute atomic E-state index is 0.104. The minimum atomic E-state index is -0.336. The first kappa shape index (κ1) is 16.9. The average Bonchev–Trinajstić information content (AvgIpc) is 3.06. The van der Waals surface area contributed by atoms with Gasteiger partial charge >= 0.3 is 0 Å². The van der Waals surface area contributed by atoms with E-state index in [9.17, 15) is 4.79 Å². The van der Waals surface area contributed by atoms with Crippen LogP contribution in [-0.2, 0) is 0 Å². The third-order valence-electron chi connectivity index (χ3n) is 3.56. The van der Waals surface area contributed by atoms with Gasteiger partial charge in [-0.1, -0.05) is 31.6 Å². The van der Waals surface area contributed by atoms with Crippen molar-refractivity contribution >= 4 is 11.7 Å². The first-order valence-corrected chi connectivity index (χ1v) is 7.73. The molecule has 0 bridgehead atoms. The Hall–Kier alpha value is -2.47. The van der Waals surface area contributed by atoms with E-state index in [1.54, 1.807) is 24.3 Å². The molecule has 0 aliphatic heterocycles. The summed E-state index contributed by atoms with van der Waals surface area (Å²) in [6.45, 7) is 3.50. The van der Waals surface area contributed by atoms with Crippen LogP contribution in [0.2, 0.25) is 0 Å². The Labute approximate surface area is 136 Å². The summed E-state index contributed by atoms with van der Waals surface area (Å²) >= 11 is 0. The predicted octanol–water partition coefficient (Wildman–Crippen LogP) is 2.18. The zero-order chi connectivity index (χ0) is 16.5. The van der Waals surface area contributed by atoms with E-state index in [-0.39, 0.29) is 18.2 Å². The van der Waals surface area contributed by atoms with Crippen LogP contribution < -0.4 is 10.6 Å². The van der Waals surface area contributed by atoms with Gasteiger partial charge in [-0.15, -0.1) is 0 Å². The van der Waals surface area contributed by atoms with Crippen LogP contribution in [0.4, 0.5) is 5.82 Å². The largest absolute Gasteiger partial charge is 0.392 e. The third kappa shape index (κ3) is 5.34. The van der Waals surface area contributed by atoms with Gasteiger partial charge in [-0.2, -0.15) is 0 Å². The molecule has 0 unspecified atom stereocenters. The number of carbonyl (C=O) groups excluding carboxylic acids is 1. The van der Waals surface area contributed by atoms with Gasteiger partial charge in [0.05, 0.1) is 6.61 Å². The van der Waals surface area contributed by atoms with Crippen LogP contribution in [0, 0.1) is 0 Å². The second-order valence-electron chi connectivity index (χ2n) is 5.31. The molecule has 1 aliphatic carbocycles. The number of rotatable bonds is 7. The molecule has 1 aliphatic rings. The lowest BCUT2D eigenvalue weighted by atomic mass is 10.2. The average molecular weight is 314 g/mol.